The number of fused-ring (bicyclic) bond motifs is 3. The number of aromatic nitrogens is 3. The van der Waals surface area contributed by atoms with E-state index in [1.54, 1.807) is 47.6 Å². The number of furan rings is 1. The van der Waals surface area contributed by atoms with Crippen molar-refractivity contribution in [2.45, 2.75) is 18.2 Å². The third-order valence-corrected chi connectivity index (χ3v) is 5.87. The number of anilines is 1. The van der Waals surface area contributed by atoms with Gasteiger partial charge in [0.05, 0.1) is 11.3 Å². The van der Waals surface area contributed by atoms with E-state index in [0.29, 0.717) is 39.2 Å². The summed E-state index contributed by atoms with van der Waals surface area (Å²) in [6.45, 7) is 1.46. The first-order valence-corrected chi connectivity index (χ1v) is 11.1. The number of hydrogen-bond acceptors (Lipinski definition) is 5. The van der Waals surface area contributed by atoms with E-state index in [9.17, 15) is 14.0 Å². The molecule has 2 aromatic carbocycles. The molecule has 1 amide bonds. The van der Waals surface area contributed by atoms with E-state index in [-0.39, 0.29) is 17.3 Å². The van der Waals surface area contributed by atoms with Crippen LogP contribution in [0.3, 0.4) is 0 Å². The summed E-state index contributed by atoms with van der Waals surface area (Å²) in [5.74, 6) is 0.364. The maximum atomic E-state index is 13.3. The highest BCUT2D eigenvalue weighted by Crippen LogP contribution is 2.38. The molecule has 0 unspecified atom stereocenters. The highest BCUT2D eigenvalue weighted by molar-refractivity contribution is 7.98. The first kappa shape index (κ1) is 20.2. The molecule has 32 heavy (non-hydrogen) atoms. The number of carbonyl (C=O) groups excluding carboxylic acids is 1. The Bertz CT molecular complexity index is 1400. The van der Waals surface area contributed by atoms with Gasteiger partial charge in [-0.1, -0.05) is 23.9 Å². The second-order valence-electron chi connectivity index (χ2n) is 7.25. The molecule has 0 saturated carbocycles. The zero-order chi connectivity index (χ0) is 22.4. The van der Waals surface area contributed by atoms with Crippen LogP contribution in [0, 0.1) is 5.82 Å². The molecule has 1 atom stereocenters. The van der Waals surface area contributed by atoms with E-state index in [4.69, 9.17) is 4.42 Å². The van der Waals surface area contributed by atoms with Crippen molar-refractivity contribution in [3.8, 4) is 22.6 Å². The van der Waals surface area contributed by atoms with E-state index >= 15 is 0 Å². The average molecular weight is 449 g/mol. The number of para-hydroxylation sites is 1. The maximum Gasteiger partial charge on any atom is 0.325 e. The lowest BCUT2D eigenvalue weighted by molar-refractivity contribution is -0.764. The Morgan fingerprint density at radius 1 is 1.16 bits per heavy atom. The fourth-order valence-corrected chi connectivity index (χ4v) is 4.29. The van der Waals surface area contributed by atoms with Crippen molar-refractivity contribution in [2.75, 3.05) is 11.2 Å². The molecule has 0 saturated heterocycles. The minimum absolute atomic E-state index is 0.229. The molecular formula is C23H18FN4O3S+. The van der Waals surface area contributed by atoms with Gasteiger partial charge in [0.2, 0.25) is 11.1 Å². The normalized spacial score (nSPS) is 14.7. The van der Waals surface area contributed by atoms with Gasteiger partial charge in [-0.05, 0) is 59.5 Å². The Balaban J connectivity index is 1.74. The summed E-state index contributed by atoms with van der Waals surface area (Å²) in [4.78, 5) is 30.2. The lowest BCUT2D eigenvalue weighted by atomic mass is 10.0. The minimum Gasteiger partial charge on any atom is -0.452 e. The van der Waals surface area contributed by atoms with Crippen LogP contribution < -0.4 is 15.1 Å². The second kappa shape index (κ2) is 7.76. The molecule has 160 valence electrons. The van der Waals surface area contributed by atoms with Gasteiger partial charge in [-0.2, -0.15) is 0 Å². The van der Waals surface area contributed by atoms with Crippen molar-refractivity contribution in [3.05, 3.63) is 82.6 Å². The largest absolute Gasteiger partial charge is 0.452 e. The number of halogens is 1. The minimum atomic E-state index is -0.806. The molecular weight excluding hydrogens is 431 g/mol. The molecule has 9 heteroatoms. The Labute approximate surface area is 186 Å². The van der Waals surface area contributed by atoms with Gasteiger partial charge >= 0.3 is 17.4 Å². The molecule has 4 aromatic rings. The van der Waals surface area contributed by atoms with Crippen LogP contribution in [-0.4, -0.2) is 22.2 Å². The molecule has 0 radical (unpaired) electrons. The quantitative estimate of drug-likeness (QED) is 0.380. The van der Waals surface area contributed by atoms with E-state index in [1.807, 2.05) is 12.1 Å². The summed E-state index contributed by atoms with van der Waals surface area (Å²) >= 11 is 1.29. The van der Waals surface area contributed by atoms with Crippen LogP contribution >= 0.6 is 11.8 Å². The van der Waals surface area contributed by atoms with Crippen LogP contribution in [0.4, 0.5) is 10.1 Å². The van der Waals surface area contributed by atoms with Gasteiger partial charge in [-0.25, -0.2) is 9.29 Å². The van der Waals surface area contributed by atoms with Gasteiger partial charge in [0.25, 0.3) is 0 Å². The van der Waals surface area contributed by atoms with Crippen molar-refractivity contribution < 1.29 is 18.3 Å². The molecule has 1 aliphatic rings. The molecule has 1 aliphatic heterocycles. The van der Waals surface area contributed by atoms with Crippen molar-refractivity contribution in [1.29, 1.82) is 0 Å². The Hall–Kier alpha value is -3.72. The van der Waals surface area contributed by atoms with Gasteiger partial charge in [-0.15, -0.1) is 0 Å². The highest BCUT2D eigenvalue weighted by atomic mass is 32.2. The molecule has 0 bridgehead atoms. The van der Waals surface area contributed by atoms with Crippen molar-refractivity contribution in [3.63, 3.8) is 0 Å². The number of hydrogen-bond donors (Lipinski definition) is 1. The van der Waals surface area contributed by atoms with Crippen LogP contribution in [0.2, 0.25) is 0 Å². The number of H-pyrrole nitrogens is 1. The van der Waals surface area contributed by atoms with Crippen LogP contribution in [-0.2, 0) is 4.79 Å². The van der Waals surface area contributed by atoms with Crippen molar-refractivity contribution >= 4 is 23.4 Å². The average Bonchev–Trinajstić information content (AvgIpc) is 3.27. The Morgan fingerprint density at radius 3 is 2.62 bits per heavy atom. The summed E-state index contributed by atoms with van der Waals surface area (Å²) in [5.41, 5.74) is 1.91. The van der Waals surface area contributed by atoms with Crippen molar-refractivity contribution in [1.82, 2.24) is 10.1 Å². The Kier molecular flexibility index (Phi) is 4.90. The second-order valence-corrected chi connectivity index (χ2v) is 8.04. The van der Waals surface area contributed by atoms with E-state index in [1.165, 1.54) is 35.5 Å². The lowest BCUT2D eigenvalue weighted by Crippen LogP contribution is -2.60. The highest BCUT2D eigenvalue weighted by Gasteiger charge is 2.46. The number of aromatic amines is 1. The van der Waals surface area contributed by atoms with Crippen LogP contribution in [0.5, 0.6) is 0 Å². The van der Waals surface area contributed by atoms with Gasteiger partial charge in [0.1, 0.15) is 11.6 Å². The van der Waals surface area contributed by atoms with E-state index in [2.05, 4.69) is 10.1 Å². The monoisotopic (exact) mass is 449 g/mol. The number of rotatable bonds is 3. The molecule has 2 aromatic heterocycles. The Morgan fingerprint density at radius 2 is 1.91 bits per heavy atom. The third kappa shape index (κ3) is 3.21. The lowest BCUT2D eigenvalue weighted by Gasteiger charge is -2.29. The van der Waals surface area contributed by atoms with E-state index in [0.717, 1.165) is 0 Å². The predicted molar refractivity (Wildman–Crippen MR) is 118 cm³/mol. The van der Waals surface area contributed by atoms with Crippen molar-refractivity contribution in [2.24, 2.45) is 0 Å². The zero-order valence-corrected chi connectivity index (χ0v) is 18.0. The van der Waals surface area contributed by atoms with Crippen LogP contribution in [0.25, 0.3) is 22.6 Å². The molecule has 0 spiro atoms. The van der Waals surface area contributed by atoms with Crippen LogP contribution in [0.1, 0.15) is 18.8 Å². The topological polar surface area (TPSA) is 83.1 Å². The van der Waals surface area contributed by atoms with E-state index < -0.39 is 6.17 Å². The summed E-state index contributed by atoms with van der Waals surface area (Å²) in [6.07, 6.45) is 0.999. The summed E-state index contributed by atoms with van der Waals surface area (Å²) < 4.78 is 21.0. The smallest absolute Gasteiger partial charge is 0.325 e. The van der Waals surface area contributed by atoms with Gasteiger partial charge in [-0.3, -0.25) is 14.6 Å². The number of carbonyl (C=O) groups is 1. The maximum absolute atomic E-state index is 13.3. The first-order chi connectivity index (χ1) is 15.5. The number of nitrogens with zero attached hydrogens (tertiary/aromatic N) is 3. The predicted octanol–water partition coefficient (Wildman–Crippen LogP) is 3.76. The number of amides is 1. The molecule has 5 rings (SSSR count). The molecule has 7 nitrogen and oxygen atoms in total. The number of nitrogens with one attached hydrogen (secondary N) is 1. The fourth-order valence-electron chi connectivity index (χ4n) is 3.92. The summed E-state index contributed by atoms with van der Waals surface area (Å²) in [6, 6.07) is 16.6. The van der Waals surface area contributed by atoms with Gasteiger partial charge in [0.15, 0.2) is 5.76 Å². The first-order valence-electron chi connectivity index (χ1n) is 9.83. The zero-order valence-electron chi connectivity index (χ0n) is 17.2. The van der Waals surface area contributed by atoms with Gasteiger partial charge in [0, 0.05) is 17.6 Å². The van der Waals surface area contributed by atoms with Crippen LogP contribution in [0.15, 0.2) is 75.0 Å². The number of thioether (sulfide) groups is 1. The molecule has 0 fully saturated rings. The standard InChI is InChI=1S/C23H17FN4O3S/c1-13(29)27-17-6-4-3-5-16(17)20-21(30)25-23(32-2)26-28(20)22(27)19-12-11-18(31-19)14-7-9-15(24)10-8-14/h3-12,22H,1-2H3/p+1/t22-/m0/s1. The SMILES string of the molecule is CSc1n[n+]2c(c(=O)[nH]1)-c1ccccc1N(C(C)=O)[C@@H]2c1ccc(-c2ccc(F)cc2)o1. The summed E-state index contributed by atoms with van der Waals surface area (Å²) in [7, 11) is 0. The molecule has 3 heterocycles. The number of benzene rings is 2. The molecule has 0 aliphatic carbocycles. The van der Waals surface area contributed by atoms with Gasteiger partial charge < -0.3 is 4.42 Å². The summed E-state index contributed by atoms with van der Waals surface area (Å²) in [5, 5.41) is 5.01. The third-order valence-electron chi connectivity index (χ3n) is 5.30. The molecule has 1 N–H and O–H groups in total. The fraction of sp³-hybridized carbons (Fsp3) is 0.130.